The Morgan fingerprint density at radius 2 is 1.71 bits per heavy atom. The van der Waals surface area contributed by atoms with Gasteiger partial charge in [-0.2, -0.15) is 13.2 Å². The maximum absolute atomic E-state index is 13.1. The van der Waals surface area contributed by atoms with Gasteiger partial charge in [0.15, 0.2) is 0 Å². The van der Waals surface area contributed by atoms with Crippen LogP contribution in [-0.4, -0.2) is 29.5 Å². The molecule has 0 heterocycles. The van der Waals surface area contributed by atoms with Crippen molar-refractivity contribution in [3.8, 4) is 5.75 Å². The Morgan fingerprint density at radius 3 is 2.10 bits per heavy atom. The minimum absolute atomic E-state index is 0.173. The van der Waals surface area contributed by atoms with E-state index in [-0.39, 0.29) is 11.3 Å². The largest absolute Gasteiger partial charge is 0.508 e. The zero-order valence-corrected chi connectivity index (χ0v) is 12.1. The van der Waals surface area contributed by atoms with Crippen LogP contribution in [0.1, 0.15) is 31.9 Å². The highest BCUT2D eigenvalue weighted by atomic mass is 19.4. The summed E-state index contributed by atoms with van der Waals surface area (Å²) >= 11 is 0. The van der Waals surface area contributed by atoms with E-state index < -0.39 is 28.7 Å². The standard InChI is InChI=1S/C14H17F3O4/c1-12(2,3)9-7-8(5-6-10(9)18)13(20,11(19)21-4)14(15,16)17/h5-7,18,20H,1-4H3. The first-order valence-corrected chi connectivity index (χ1v) is 6.07. The first kappa shape index (κ1) is 17.3. The monoisotopic (exact) mass is 306 g/mol. The SMILES string of the molecule is COC(=O)C(O)(c1ccc(O)c(C(C)(C)C)c1)C(F)(F)F. The fourth-order valence-corrected chi connectivity index (χ4v) is 1.91. The number of rotatable bonds is 2. The fraction of sp³-hybridized carbons (Fsp3) is 0.500. The van der Waals surface area contributed by atoms with E-state index in [4.69, 9.17) is 0 Å². The molecule has 1 unspecified atom stereocenters. The van der Waals surface area contributed by atoms with Crippen molar-refractivity contribution in [1.82, 2.24) is 0 Å². The zero-order chi connectivity index (χ0) is 16.6. The van der Waals surface area contributed by atoms with Crippen molar-refractivity contribution in [3.05, 3.63) is 29.3 Å². The Kier molecular flexibility index (Phi) is 4.29. The maximum atomic E-state index is 13.1. The number of halogens is 3. The van der Waals surface area contributed by atoms with Crippen molar-refractivity contribution in [2.45, 2.75) is 38.0 Å². The van der Waals surface area contributed by atoms with Gasteiger partial charge in [-0.05, 0) is 23.1 Å². The van der Waals surface area contributed by atoms with E-state index in [1.54, 1.807) is 20.8 Å². The smallest absolute Gasteiger partial charge is 0.432 e. The number of ether oxygens (including phenoxy) is 1. The van der Waals surface area contributed by atoms with E-state index in [0.29, 0.717) is 0 Å². The van der Waals surface area contributed by atoms with Crippen LogP contribution in [0.4, 0.5) is 13.2 Å². The predicted octanol–water partition coefficient (Wildman–Crippen LogP) is 2.61. The highest BCUT2D eigenvalue weighted by Crippen LogP contribution is 2.42. The Labute approximate surface area is 120 Å². The second kappa shape index (κ2) is 5.22. The highest BCUT2D eigenvalue weighted by molar-refractivity contribution is 5.82. The van der Waals surface area contributed by atoms with E-state index in [2.05, 4.69) is 4.74 Å². The molecule has 0 aromatic heterocycles. The van der Waals surface area contributed by atoms with Crippen LogP contribution in [0.5, 0.6) is 5.75 Å². The molecule has 21 heavy (non-hydrogen) atoms. The molecule has 0 amide bonds. The van der Waals surface area contributed by atoms with Gasteiger partial charge in [0.2, 0.25) is 0 Å². The van der Waals surface area contributed by atoms with Crippen molar-refractivity contribution >= 4 is 5.97 Å². The Morgan fingerprint density at radius 1 is 1.19 bits per heavy atom. The number of phenols is 1. The second-order valence-electron chi connectivity index (χ2n) is 5.68. The fourth-order valence-electron chi connectivity index (χ4n) is 1.91. The lowest BCUT2D eigenvalue weighted by molar-refractivity contribution is -0.266. The summed E-state index contributed by atoms with van der Waals surface area (Å²) in [7, 11) is 0.754. The summed E-state index contributed by atoms with van der Waals surface area (Å²) in [6, 6.07) is 2.81. The maximum Gasteiger partial charge on any atom is 0.432 e. The lowest BCUT2D eigenvalue weighted by Gasteiger charge is -2.30. The number of carbonyl (C=O) groups excluding carboxylic acids is 1. The van der Waals surface area contributed by atoms with Gasteiger partial charge in [-0.25, -0.2) is 4.79 Å². The van der Waals surface area contributed by atoms with Crippen LogP contribution in [0.15, 0.2) is 18.2 Å². The lowest BCUT2D eigenvalue weighted by atomic mass is 9.82. The first-order valence-electron chi connectivity index (χ1n) is 6.07. The van der Waals surface area contributed by atoms with Gasteiger partial charge in [-0.1, -0.05) is 26.8 Å². The molecule has 0 saturated heterocycles. The number of aliphatic hydroxyl groups is 1. The normalized spacial score (nSPS) is 15.4. The molecule has 0 radical (unpaired) electrons. The summed E-state index contributed by atoms with van der Waals surface area (Å²) in [5.74, 6) is -2.05. The molecule has 1 aromatic carbocycles. The summed E-state index contributed by atoms with van der Waals surface area (Å²) < 4.78 is 43.5. The van der Waals surface area contributed by atoms with Gasteiger partial charge in [0.25, 0.3) is 5.60 Å². The van der Waals surface area contributed by atoms with Crippen molar-refractivity contribution in [3.63, 3.8) is 0 Å². The Bertz CT molecular complexity index is 546. The van der Waals surface area contributed by atoms with Crippen LogP contribution in [-0.2, 0) is 20.5 Å². The van der Waals surface area contributed by atoms with Crippen molar-refractivity contribution < 1.29 is 32.9 Å². The van der Waals surface area contributed by atoms with Gasteiger partial charge in [0.05, 0.1) is 7.11 Å². The highest BCUT2D eigenvalue weighted by Gasteiger charge is 2.62. The zero-order valence-electron chi connectivity index (χ0n) is 12.1. The average Bonchev–Trinajstić information content (AvgIpc) is 2.34. The molecule has 2 N–H and O–H groups in total. The molecule has 7 heteroatoms. The number of alkyl halides is 3. The van der Waals surface area contributed by atoms with Crippen LogP contribution >= 0.6 is 0 Å². The number of hydrogen-bond donors (Lipinski definition) is 2. The predicted molar refractivity (Wildman–Crippen MR) is 68.8 cm³/mol. The summed E-state index contributed by atoms with van der Waals surface area (Å²) in [4.78, 5) is 11.5. The molecule has 0 aliphatic carbocycles. The average molecular weight is 306 g/mol. The molecule has 0 saturated carbocycles. The van der Waals surface area contributed by atoms with E-state index in [1.807, 2.05) is 0 Å². The van der Waals surface area contributed by atoms with Crippen LogP contribution in [0.25, 0.3) is 0 Å². The molecule has 1 atom stereocenters. The molecule has 1 rings (SSSR count). The Hall–Kier alpha value is -1.76. The molecule has 0 aliphatic rings. The quantitative estimate of drug-likeness (QED) is 0.824. The number of esters is 1. The van der Waals surface area contributed by atoms with Gasteiger partial charge in [-0.3, -0.25) is 0 Å². The molecule has 0 fully saturated rings. The molecular formula is C14H17F3O4. The molecule has 118 valence electrons. The number of hydrogen-bond acceptors (Lipinski definition) is 4. The van der Waals surface area contributed by atoms with Crippen LogP contribution in [0.3, 0.4) is 0 Å². The third-order valence-corrected chi connectivity index (χ3v) is 3.11. The molecule has 1 aromatic rings. The number of aromatic hydroxyl groups is 1. The summed E-state index contributed by atoms with van der Waals surface area (Å²) in [5, 5.41) is 19.6. The van der Waals surface area contributed by atoms with E-state index in [0.717, 1.165) is 25.3 Å². The van der Waals surface area contributed by atoms with Crippen molar-refractivity contribution in [2.75, 3.05) is 7.11 Å². The summed E-state index contributed by atoms with van der Waals surface area (Å²) in [6.07, 6.45) is -5.26. The van der Waals surface area contributed by atoms with Gasteiger partial charge in [0.1, 0.15) is 5.75 Å². The number of phenolic OH excluding ortho intramolecular Hbond substituents is 1. The van der Waals surface area contributed by atoms with E-state index >= 15 is 0 Å². The van der Waals surface area contributed by atoms with Crippen LogP contribution < -0.4 is 0 Å². The lowest BCUT2D eigenvalue weighted by Crippen LogP contribution is -2.50. The van der Waals surface area contributed by atoms with Gasteiger partial charge in [-0.15, -0.1) is 0 Å². The van der Waals surface area contributed by atoms with E-state index in [1.165, 1.54) is 0 Å². The molecule has 0 bridgehead atoms. The number of benzene rings is 1. The third-order valence-electron chi connectivity index (χ3n) is 3.11. The minimum atomic E-state index is -5.26. The van der Waals surface area contributed by atoms with Crippen molar-refractivity contribution in [1.29, 1.82) is 0 Å². The number of carbonyl (C=O) groups is 1. The van der Waals surface area contributed by atoms with Crippen molar-refractivity contribution in [2.24, 2.45) is 0 Å². The summed E-state index contributed by atoms with van der Waals surface area (Å²) in [6.45, 7) is 5.03. The first-order chi connectivity index (χ1) is 9.35. The number of methoxy groups -OCH3 is 1. The van der Waals surface area contributed by atoms with Gasteiger partial charge < -0.3 is 14.9 Å². The topological polar surface area (TPSA) is 66.8 Å². The minimum Gasteiger partial charge on any atom is -0.508 e. The summed E-state index contributed by atoms with van der Waals surface area (Å²) in [5.41, 5.74) is -4.99. The molecule has 0 spiro atoms. The van der Waals surface area contributed by atoms with Gasteiger partial charge in [0, 0.05) is 5.56 Å². The van der Waals surface area contributed by atoms with Crippen LogP contribution in [0, 0.1) is 0 Å². The van der Waals surface area contributed by atoms with E-state index in [9.17, 15) is 28.2 Å². The second-order valence-corrected chi connectivity index (χ2v) is 5.68. The molecule has 4 nitrogen and oxygen atoms in total. The third kappa shape index (κ3) is 2.97. The van der Waals surface area contributed by atoms with Gasteiger partial charge >= 0.3 is 12.1 Å². The Balaban J connectivity index is 3.59. The molecular weight excluding hydrogens is 289 g/mol. The van der Waals surface area contributed by atoms with Crippen LogP contribution in [0.2, 0.25) is 0 Å². The molecule has 0 aliphatic heterocycles.